The highest BCUT2D eigenvalue weighted by Crippen LogP contribution is 2.39. The lowest BCUT2D eigenvalue weighted by Gasteiger charge is -2.16. The summed E-state index contributed by atoms with van der Waals surface area (Å²) in [6, 6.07) is 0. The monoisotopic (exact) mass is 248 g/mol. The first-order valence-corrected chi connectivity index (χ1v) is 4.20. The minimum Gasteiger partial charge on any atom is -0.243 e. The Morgan fingerprint density at radius 1 is 1.12 bits per heavy atom. The van der Waals surface area contributed by atoms with Crippen LogP contribution in [0, 0.1) is 0 Å². The molecular weight excluding hydrogens is 240 g/mol. The van der Waals surface area contributed by atoms with Crippen LogP contribution in [0.3, 0.4) is 0 Å². The molecule has 0 saturated carbocycles. The van der Waals surface area contributed by atoms with E-state index >= 15 is 0 Å². The maximum Gasteiger partial charge on any atom is 0.421 e. The maximum atomic E-state index is 12.8. The van der Waals surface area contributed by atoms with E-state index in [1.54, 1.807) is 0 Å². The molecular formula is C8H8BF7. The predicted molar refractivity (Wildman–Crippen MR) is 44.9 cm³/mol. The van der Waals surface area contributed by atoms with Crippen LogP contribution in [0.15, 0.2) is 11.6 Å². The van der Waals surface area contributed by atoms with Crippen LogP contribution in [0.1, 0.15) is 13.3 Å². The van der Waals surface area contributed by atoms with E-state index in [0.29, 0.717) is 0 Å². The molecule has 2 unspecified atom stereocenters. The first-order chi connectivity index (χ1) is 6.94. The zero-order chi connectivity index (χ0) is 13.1. The maximum absolute atomic E-state index is 12.8. The van der Waals surface area contributed by atoms with Crippen molar-refractivity contribution in [2.75, 3.05) is 0 Å². The average molecular weight is 248 g/mol. The number of hydrogen-bond acceptors (Lipinski definition) is 0. The van der Waals surface area contributed by atoms with Gasteiger partial charge in [-0.2, -0.15) is 26.3 Å². The summed E-state index contributed by atoms with van der Waals surface area (Å²) in [5.41, 5.74) is -2.84. The van der Waals surface area contributed by atoms with E-state index in [9.17, 15) is 30.7 Å². The van der Waals surface area contributed by atoms with E-state index in [4.69, 9.17) is 7.85 Å². The summed E-state index contributed by atoms with van der Waals surface area (Å²) in [7, 11) is 5.06. The lowest BCUT2D eigenvalue weighted by Crippen LogP contribution is -2.27. The Balaban J connectivity index is 4.99. The van der Waals surface area contributed by atoms with Crippen LogP contribution in [-0.4, -0.2) is 26.4 Å². The van der Waals surface area contributed by atoms with E-state index in [2.05, 4.69) is 0 Å². The summed E-state index contributed by atoms with van der Waals surface area (Å²) in [6.07, 6.45) is -14.7. The van der Waals surface area contributed by atoms with Crippen LogP contribution >= 0.6 is 0 Å². The number of hydrogen-bond donors (Lipinski definition) is 0. The minimum absolute atomic E-state index is 0.483. The molecule has 0 heterocycles. The average Bonchev–Trinajstić information content (AvgIpc) is 1.94. The lowest BCUT2D eigenvalue weighted by molar-refractivity contribution is -0.172. The molecule has 0 aromatic carbocycles. The van der Waals surface area contributed by atoms with Gasteiger partial charge >= 0.3 is 12.4 Å². The fraction of sp³-hybridized carbons (Fsp3) is 0.750. The molecule has 2 radical (unpaired) electrons. The third kappa shape index (κ3) is 5.41. The molecule has 0 aliphatic heterocycles. The minimum atomic E-state index is -5.62. The van der Waals surface area contributed by atoms with Gasteiger partial charge < -0.3 is 0 Å². The number of alkyl halides is 7. The lowest BCUT2D eigenvalue weighted by atomic mass is 9.85. The Morgan fingerprint density at radius 2 is 1.50 bits per heavy atom. The third-order valence-corrected chi connectivity index (χ3v) is 1.56. The standard InChI is InChI=1S/C8H8BF7/c1-4(9)2-5(10)3-6(7(11,12)13)8(14,15)16/h3-5H,2H2,1H3. The van der Waals surface area contributed by atoms with E-state index in [0.717, 1.165) is 0 Å². The van der Waals surface area contributed by atoms with Crippen molar-refractivity contribution < 1.29 is 30.7 Å². The van der Waals surface area contributed by atoms with Gasteiger partial charge in [-0.1, -0.05) is 12.7 Å². The van der Waals surface area contributed by atoms with Crippen LogP contribution in [0.5, 0.6) is 0 Å². The van der Waals surface area contributed by atoms with Crippen LogP contribution < -0.4 is 0 Å². The summed E-state index contributed by atoms with van der Waals surface area (Å²) in [4.78, 5) is 0. The first-order valence-electron chi connectivity index (χ1n) is 4.20. The van der Waals surface area contributed by atoms with Crippen LogP contribution in [0.2, 0.25) is 5.82 Å². The molecule has 0 rings (SSSR count). The van der Waals surface area contributed by atoms with Gasteiger partial charge in [0.25, 0.3) is 0 Å². The van der Waals surface area contributed by atoms with Crippen molar-refractivity contribution in [3.05, 3.63) is 11.6 Å². The summed E-state index contributed by atoms with van der Waals surface area (Å²) < 4.78 is 84.4. The Morgan fingerprint density at radius 3 is 1.75 bits per heavy atom. The quantitative estimate of drug-likeness (QED) is 0.405. The molecule has 0 fully saturated rings. The van der Waals surface area contributed by atoms with Gasteiger partial charge in [0.15, 0.2) is 0 Å². The van der Waals surface area contributed by atoms with E-state index < -0.39 is 42.4 Å². The molecule has 8 heteroatoms. The van der Waals surface area contributed by atoms with Crippen molar-refractivity contribution in [1.29, 1.82) is 0 Å². The highest BCUT2D eigenvalue weighted by molar-refractivity contribution is 6.11. The van der Waals surface area contributed by atoms with Crippen molar-refractivity contribution in [3.63, 3.8) is 0 Å². The summed E-state index contributed by atoms with van der Waals surface area (Å²) in [5, 5.41) is 0. The Labute approximate surface area is 88.9 Å². The van der Waals surface area contributed by atoms with Crippen molar-refractivity contribution in [1.82, 2.24) is 0 Å². The number of rotatable bonds is 3. The Bertz CT molecular complexity index is 234. The molecule has 2 atom stereocenters. The molecule has 0 spiro atoms. The van der Waals surface area contributed by atoms with Crippen LogP contribution in [-0.2, 0) is 0 Å². The number of allylic oxidation sites excluding steroid dienone is 2. The molecule has 0 amide bonds. The topological polar surface area (TPSA) is 0 Å². The largest absolute Gasteiger partial charge is 0.421 e. The van der Waals surface area contributed by atoms with E-state index in [1.165, 1.54) is 6.92 Å². The molecule has 0 saturated heterocycles. The van der Waals surface area contributed by atoms with Gasteiger partial charge in [-0.05, 0) is 12.5 Å². The second kappa shape index (κ2) is 5.10. The first kappa shape index (κ1) is 15.3. The molecule has 0 aromatic rings. The Hall–Kier alpha value is -0.685. The number of halogens is 7. The van der Waals surface area contributed by atoms with E-state index in [1.807, 2.05) is 0 Å². The van der Waals surface area contributed by atoms with Crippen LogP contribution in [0.25, 0.3) is 0 Å². The highest BCUT2D eigenvalue weighted by Gasteiger charge is 2.51. The van der Waals surface area contributed by atoms with Crippen molar-refractivity contribution in [2.45, 2.75) is 37.7 Å². The molecule has 92 valence electrons. The zero-order valence-corrected chi connectivity index (χ0v) is 8.16. The predicted octanol–water partition coefficient (Wildman–Crippen LogP) is 3.74. The molecule has 0 bridgehead atoms. The van der Waals surface area contributed by atoms with Gasteiger partial charge in [-0.15, -0.1) is 0 Å². The second-order valence-electron chi connectivity index (χ2n) is 3.30. The molecule has 0 N–H and O–H groups in total. The molecule has 0 nitrogen and oxygen atoms in total. The molecule has 0 aromatic heterocycles. The fourth-order valence-electron chi connectivity index (χ4n) is 0.954. The fourth-order valence-corrected chi connectivity index (χ4v) is 0.954. The van der Waals surface area contributed by atoms with Gasteiger partial charge in [0, 0.05) is 0 Å². The molecule has 0 aliphatic carbocycles. The van der Waals surface area contributed by atoms with Gasteiger partial charge in [0.05, 0.1) is 7.85 Å². The van der Waals surface area contributed by atoms with Gasteiger partial charge in [0.2, 0.25) is 0 Å². The second-order valence-corrected chi connectivity index (χ2v) is 3.30. The summed E-state index contributed by atoms with van der Waals surface area (Å²) in [5.74, 6) is -0.825. The zero-order valence-electron chi connectivity index (χ0n) is 8.16. The van der Waals surface area contributed by atoms with Crippen molar-refractivity contribution >= 4 is 7.85 Å². The smallest absolute Gasteiger partial charge is 0.243 e. The highest BCUT2D eigenvalue weighted by atomic mass is 19.4. The van der Waals surface area contributed by atoms with Crippen molar-refractivity contribution in [2.24, 2.45) is 0 Å². The molecule has 0 aliphatic rings. The summed E-state index contributed by atoms with van der Waals surface area (Å²) in [6.45, 7) is 1.28. The Kier molecular flexibility index (Phi) is 4.88. The summed E-state index contributed by atoms with van der Waals surface area (Å²) >= 11 is 0. The van der Waals surface area contributed by atoms with Gasteiger partial charge in [-0.25, -0.2) is 4.39 Å². The normalized spacial score (nSPS) is 16.8. The SMILES string of the molecule is [B]C(C)CC(F)C=C(C(F)(F)F)C(F)(F)F. The van der Waals surface area contributed by atoms with Gasteiger partial charge in [-0.3, -0.25) is 0 Å². The third-order valence-electron chi connectivity index (χ3n) is 1.56. The van der Waals surface area contributed by atoms with E-state index in [-0.39, 0.29) is 0 Å². The van der Waals surface area contributed by atoms with Crippen LogP contribution in [0.4, 0.5) is 30.7 Å². The van der Waals surface area contributed by atoms with Crippen molar-refractivity contribution in [3.8, 4) is 0 Å². The van der Waals surface area contributed by atoms with Gasteiger partial charge in [0.1, 0.15) is 11.7 Å². The molecule has 16 heavy (non-hydrogen) atoms.